The van der Waals surface area contributed by atoms with Gasteiger partial charge in [0, 0.05) is 48.8 Å². The number of hydrogen-bond donors (Lipinski definition) is 0. The molecule has 3 aromatic rings. The van der Waals surface area contributed by atoms with Crippen molar-refractivity contribution in [3.05, 3.63) is 64.5 Å². The van der Waals surface area contributed by atoms with E-state index in [0.29, 0.717) is 12.6 Å². The molecule has 0 bridgehead atoms. The first kappa shape index (κ1) is 17.3. The zero-order valence-corrected chi connectivity index (χ0v) is 15.9. The van der Waals surface area contributed by atoms with Gasteiger partial charge in [0.25, 0.3) is 5.56 Å². The molecule has 144 valence electrons. The zero-order chi connectivity index (χ0) is 18.9. The molecule has 1 unspecified atom stereocenters. The van der Waals surface area contributed by atoms with Crippen LogP contribution in [0.1, 0.15) is 30.7 Å². The van der Waals surface area contributed by atoms with Crippen LogP contribution in [0.5, 0.6) is 0 Å². The predicted molar refractivity (Wildman–Crippen MR) is 106 cm³/mol. The third-order valence-electron chi connectivity index (χ3n) is 5.81. The molecule has 28 heavy (non-hydrogen) atoms. The predicted octanol–water partition coefficient (Wildman–Crippen LogP) is 2.11. The smallest absolute Gasteiger partial charge is 0.266 e. The molecule has 5 rings (SSSR count). The molecule has 5 heterocycles. The summed E-state index contributed by atoms with van der Waals surface area (Å²) in [7, 11) is 0. The molecule has 0 saturated carbocycles. The highest BCUT2D eigenvalue weighted by Gasteiger charge is 2.27. The normalized spacial score (nSPS) is 19.2. The van der Waals surface area contributed by atoms with Crippen LogP contribution in [0.15, 0.2) is 47.5 Å². The van der Waals surface area contributed by atoms with Crippen LogP contribution in [0.3, 0.4) is 0 Å². The van der Waals surface area contributed by atoms with Crippen molar-refractivity contribution in [1.82, 2.24) is 29.4 Å². The Bertz CT molecular complexity index is 1000. The molecule has 3 aromatic heterocycles. The average molecular weight is 376 g/mol. The van der Waals surface area contributed by atoms with E-state index in [4.69, 9.17) is 5.10 Å². The summed E-state index contributed by atoms with van der Waals surface area (Å²) in [4.78, 5) is 18.9. The number of hydrogen-bond acceptors (Lipinski definition) is 5. The molecule has 0 N–H and O–H groups in total. The van der Waals surface area contributed by atoms with Crippen LogP contribution >= 0.6 is 0 Å². The van der Waals surface area contributed by atoms with Crippen molar-refractivity contribution in [3.63, 3.8) is 0 Å². The molecule has 7 heteroatoms. The standard InChI is InChI=1S/C21H24N6O/c28-21-6-5-20(16-7-9-22-10-8-16)24-27(21)15-19-4-1-11-25(19)14-17-13-18-3-2-12-26(18)23-17/h5-10,13,19H,1-4,11-12,14-15H2. The highest BCUT2D eigenvalue weighted by Crippen LogP contribution is 2.23. The summed E-state index contributed by atoms with van der Waals surface area (Å²) in [6.07, 6.45) is 8.06. The Morgan fingerprint density at radius 1 is 1.04 bits per heavy atom. The molecule has 7 nitrogen and oxygen atoms in total. The summed E-state index contributed by atoms with van der Waals surface area (Å²) < 4.78 is 3.76. The third-order valence-corrected chi connectivity index (χ3v) is 5.81. The van der Waals surface area contributed by atoms with Crippen LogP contribution in [-0.2, 0) is 26.1 Å². The molecular formula is C21H24N6O. The lowest BCUT2D eigenvalue weighted by atomic mass is 10.2. The summed E-state index contributed by atoms with van der Waals surface area (Å²) >= 11 is 0. The molecule has 0 amide bonds. The number of rotatable bonds is 5. The van der Waals surface area contributed by atoms with E-state index in [9.17, 15) is 4.79 Å². The maximum absolute atomic E-state index is 12.4. The highest BCUT2D eigenvalue weighted by molar-refractivity contribution is 5.56. The van der Waals surface area contributed by atoms with Gasteiger partial charge in [-0.25, -0.2) is 4.68 Å². The van der Waals surface area contributed by atoms with E-state index in [-0.39, 0.29) is 5.56 Å². The number of likely N-dealkylation sites (tertiary alicyclic amines) is 1. The fourth-order valence-corrected chi connectivity index (χ4v) is 4.37. The summed E-state index contributed by atoms with van der Waals surface area (Å²) in [6, 6.07) is 9.79. The quantitative estimate of drug-likeness (QED) is 0.682. The van der Waals surface area contributed by atoms with Gasteiger partial charge in [-0.1, -0.05) is 0 Å². The Morgan fingerprint density at radius 3 is 2.79 bits per heavy atom. The molecule has 1 fully saturated rings. The van der Waals surface area contributed by atoms with Crippen LogP contribution in [-0.4, -0.2) is 42.0 Å². The van der Waals surface area contributed by atoms with E-state index in [1.807, 2.05) is 12.1 Å². The Hall–Kier alpha value is -2.80. The van der Waals surface area contributed by atoms with Gasteiger partial charge in [0.1, 0.15) is 0 Å². The summed E-state index contributed by atoms with van der Waals surface area (Å²) in [5.41, 5.74) is 4.23. The van der Waals surface area contributed by atoms with Crippen molar-refractivity contribution in [2.45, 2.75) is 51.4 Å². The second kappa shape index (κ2) is 7.31. The molecule has 1 atom stereocenters. The van der Waals surface area contributed by atoms with Crippen molar-refractivity contribution in [2.24, 2.45) is 0 Å². The molecule has 0 aromatic carbocycles. The summed E-state index contributed by atoms with van der Waals surface area (Å²) in [6.45, 7) is 3.56. The van der Waals surface area contributed by atoms with E-state index < -0.39 is 0 Å². The van der Waals surface area contributed by atoms with E-state index >= 15 is 0 Å². The Kier molecular flexibility index (Phi) is 4.52. The van der Waals surface area contributed by atoms with Gasteiger partial charge in [-0.2, -0.15) is 10.2 Å². The minimum atomic E-state index is -0.0503. The lowest BCUT2D eigenvalue weighted by Gasteiger charge is -2.24. The van der Waals surface area contributed by atoms with E-state index in [2.05, 4.69) is 25.7 Å². The van der Waals surface area contributed by atoms with Gasteiger partial charge in [-0.15, -0.1) is 0 Å². The first-order valence-corrected chi connectivity index (χ1v) is 10.0. The monoisotopic (exact) mass is 376 g/mol. The van der Waals surface area contributed by atoms with Crippen LogP contribution < -0.4 is 5.56 Å². The minimum Gasteiger partial charge on any atom is -0.293 e. The van der Waals surface area contributed by atoms with Crippen molar-refractivity contribution >= 4 is 0 Å². The summed E-state index contributed by atoms with van der Waals surface area (Å²) in [5, 5.41) is 9.37. The molecular weight excluding hydrogens is 352 g/mol. The number of aryl methyl sites for hydroxylation is 2. The van der Waals surface area contributed by atoms with E-state index in [0.717, 1.165) is 55.8 Å². The highest BCUT2D eigenvalue weighted by atomic mass is 16.1. The maximum Gasteiger partial charge on any atom is 0.266 e. The Balaban J connectivity index is 1.34. The lowest BCUT2D eigenvalue weighted by Crippen LogP contribution is -2.36. The van der Waals surface area contributed by atoms with Gasteiger partial charge in [0.15, 0.2) is 0 Å². The van der Waals surface area contributed by atoms with Gasteiger partial charge in [-0.05, 0) is 56.5 Å². The molecule has 0 spiro atoms. The van der Waals surface area contributed by atoms with E-state index in [1.165, 1.54) is 12.1 Å². The molecule has 2 aliphatic heterocycles. The van der Waals surface area contributed by atoms with Crippen LogP contribution in [0.4, 0.5) is 0 Å². The Labute approximate surface area is 163 Å². The SMILES string of the molecule is O=c1ccc(-c2ccncc2)nn1CC1CCCN1Cc1cc2n(n1)CCC2. The van der Waals surface area contributed by atoms with Gasteiger partial charge in [0.05, 0.1) is 17.9 Å². The van der Waals surface area contributed by atoms with Crippen molar-refractivity contribution in [3.8, 4) is 11.3 Å². The van der Waals surface area contributed by atoms with Gasteiger partial charge >= 0.3 is 0 Å². The first-order chi connectivity index (χ1) is 13.8. The maximum atomic E-state index is 12.4. The largest absolute Gasteiger partial charge is 0.293 e. The van der Waals surface area contributed by atoms with Crippen molar-refractivity contribution < 1.29 is 0 Å². The number of fused-ring (bicyclic) bond motifs is 1. The topological polar surface area (TPSA) is 68.8 Å². The van der Waals surface area contributed by atoms with Crippen molar-refractivity contribution in [2.75, 3.05) is 6.54 Å². The van der Waals surface area contributed by atoms with Crippen LogP contribution in [0, 0.1) is 0 Å². The fraction of sp³-hybridized carbons (Fsp3) is 0.429. The van der Waals surface area contributed by atoms with Gasteiger partial charge < -0.3 is 0 Å². The third kappa shape index (κ3) is 3.38. The molecule has 0 aliphatic carbocycles. The zero-order valence-electron chi connectivity index (χ0n) is 15.9. The lowest BCUT2D eigenvalue weighted by molar-refractivity contribution is 0.214. The summed E-state index contributed by atoms with van der Waals surface area (Å²) in [5.74, 6) is 0. The van der Waals surface area contributed by atoms with E-state index in [1.54, 1.807) is 29.2 Å². The number of aromatic nitrogens is 5. The van der Waals surface area contributed by atoms with Crippen LogP contribution in [0.2, 0.25) is 0 Å². The second-order valence-electron chi connectivity index (χ2n) is 7.70. The van der Waals surface area contributed by atoms with Gasteiger partial charge in [0.2, 0.25) is 0 Å². The van der Waals surface area contributed by atoms with Crippen LogP contribution in [0.25, 0.3) is 11.3 Å². The molecule has 0 radical (unpaired) electrons. The molecule has 2 aliphatic rings. The number of pyridine rings is 1. The minimum absolute atomic E-state index is 0.0503. The van der Waals surface area contributed by atoms with Crippen molar-refractivity contribution in [1.29, 1.82) is 0 Å². The fourth-order valence-electron chi connectivity index (χ4n) is 4.37. The average Bonchev–Trinajstić information content (AvgIpc) is 3.42. The van der Waals surface area contributed by atoms with Gasteiger partial charge in [-0.3, -0.25) is 19.4 Å². The Morgan fingerprint density at radius 2 is 1.93 bits per heavy atom. The number of nitrogens with zero attached hydrogens (tertiary/aromatic N) is 6. The second-order valence-corrected chi connectivity index (χ2v) is 7.70. The first-order valence-electron chi connectivity index (χ1n) is 10.0. The molecule has 1 saturated heterocycles.